The van der Waals surface area contributed by atoms with E-state index in [1.54, 1.807) is 48.7 Å². The van der Waals surface area contributed by atoms with E-state index in [0.29, 0.717) is 40.6 Å². The Bertz CT molecular complexity index is 941. The van der Waals surface area contributed by atoms with Gasteiger partial charge in [-0.2, -0.15) is 5.10 Å². The molecular weight excluding hydrogens is 426 g/mol. The van der Waals surface area contributed by atoms with E-state index in [1.165, 1.54) is 26.4 Å². The number of carbonyl (C=O) groups excluding carboxylic acids is 1. The summed E-state index contributed by atoms with van der Waals surface area (Å²) in [5, 5.41) is 8.01. The second-order valence-corrected chi connectivity index (χ2v) is 7.84. The minimum Gasteiger partial charge on any atom is -0.494 e. The van der Waals surface area contributed by atoms with E-state index >= 15 is 0 Å². The van der Waals surface area contributed by atoms with Crippen molar-refractivity contribution in [1.29, 1.82) is 0 Å². The molecule has 170 valence electrons. The number of ether oxygens (including phenoxy) is 3. The van der Waals surface area contributed by atoms with Crippen LogP contribution in [0.1, 0.15) is 54.9 Å². The Balaban J connectivity index is 1.56. The molecule has 0 saturated heterocycles. The van der Waals surface area contributed by atoms with E-state index in [4.69, 9.17) is 26.4 Å². The monoisotopic (exact) mass is 455 g/mol. The first kappa shape index (κ1) is 23.5. The lowest BCUT2D eigenvalue weighted by atomic mass is 9.96. The van der Waals surface area contributed by atoms with Crippen molar-refractivity contribution in [3.05, 3.63) is 53.6 Å². The molecule has 2 aromatic carbocycles. The van der Waals surface area contributed by atoms with E-state index in [-0.39, 0.29) is 0 Å². The maximum absolute atomic E-state index is 12.5. The third-order valence-electron chi connectivity index (χ3n) is 5.11. The van der Waals surface area contributed by atoms with Crippen LogP contribution in [0.5, 0.6) is 17.2 Å². The van der Waals surface area contributed by atoms with E-state index in [1.807, 2.05) is 6.92 Å². The van der Waals surface area contributed by atoms with Crippen molar-refractivity contribution in [1.82, 2.24) is 10.7 Å². The first-order chi connectivity index (χ1) is 15.6. The van der Waals surface area contributed by atoms with Crippen LogP contribution in [0, 0.1) is 0 Å². The van der Waals surface area contributed by atoms with Crippen molar-refractivity contribution in [3.63, 3.8) is 0 Å². The molecule has 0 heterocycles. The minimum atomic E-state index is -0.478. The molecular formula is C24H29N3O4S. The van der Waals surface area contributed by atoms with Crippen LogP contribution in [0.25, 0.3) is 0 Å². The van der Waals surface area contributed by atoms with Crippen LogP contribution in [0.15, 0.2) is 47.6 Å². The zero-order valence-corrected chi connectivity index (χ0v) is 19.2. The Kier molecular flexibility index (Phi) is 8.86. The average molecular weight is 456 g/mol. The van der Waals surface area contributed by atoms with Crippen LogP contribution < -0.4 is 25.0 Å². The molecule has 1 aliphatic carbocycles. The molecule has 2 N–H and O–H groups in total. The van der Waals surface area contributed by atoms with Gasteiger partial charge in [-0.3, -0.25) is 5.43 Å². The lowest BCUT2D eigenvalue weighted by molar-refractivity contribution is 0.0729. The molecule has 0 aliphatic heterocycles. The quantitative estimate of drug-likeness (QED) is 0.200. The second kappa shape index (κ2) is 12.0. The van der Waals surface area contributed by atoms with E-state index in [0.717, 1.165) is 18.4 Å². The molecule has 0 bridgehead atoms. The van der Waals surface area contributed by atoms with Crippen molar-refractivity contribution < 1.29 is 19.0 Å². The fourth-order valence-electron chi connectivity index (χ4n) is 3.49. The lowest BCUT2D eigenvalue weighted by Gasteiger charge is -2.23. The summed E-state index contributed by atoms with van der Waals surface area (Å²) in [4.78, 5) is 12.5. The second-order valence-electron chi connectivity index (χ2n) is 7.44. The molecule has 2 aromatic rings. The zero-order chi connectivity index (χ0) is 22.8. The summed E-state index contributed by atoms with van der Waals surface area (Å²) in [5.41, 5.74) is 4.05. The van der Waals surface area contributed by atoms with Crippen molar-refractivity contribution in [2.45, 2.75) is 45.1 Å². The van der Waals surface area contributed by atoms with E-state index in [9.17, 15) is 4.79 Å². The van der Waals surface area contributed by atoms with Crippen molar-refractivity contribution >= 4 is 29.5 Å². The molecule has 0 radical (unpaired) electrons. The van der Waals surface area contributed by atoms with Gasteiger partial charge in [-0.1, -0.05) is 19.3 Å². The SMILES string of the molecule is CCOc1ccc(C(=O)Oc2ccc(/C=N/NC(=S)NC3CCCCC3)cc2OC)cc1. The largest absolute Gasteiger partial charge is 0.494 e. The number of rotatable bonds is 8. The highest BCUT2D eigenvalue weighted by molar-refractivity contribution is 7.80. The van der Waals surface area contributed by atoms with Gasteiger partial charge in [-0.15, -0.1) is 0 Å². The molecule has 0 atom stereocenters. The van der Waals surface area contributed by atoms with E-state index < -0.39 is 5.97 Å². The average Bonchev–Trinajstić information content (AvgIpc) is 2.81. The number of methoxy groups -OCH3 is 1. The van der Waals surface area contributed by atoms with Gasteiger partial charge in [0, 0.05) is 6.04 Å². The van der Waals surface area contributed by atoms with Gasteiger partial charge in [-0.05, 0) is 80.0 Å². The smallest absolute Gasteiger partial charge is 0.343 e. The molecule has 0 aromatic heterocycles. The van der Waals surface area contributed by atoms with Crippen LogP contribution in [0.3, 0.4) is 0 Å². The van der Waals surface area contributed by atoms with Crippen LogP contribution in [0.4, 0.5) is 0 Å². The number of nitrogens with one attached hydrogen (secondary N) is 2. The summed E-state index contributed by atoms with van der Waals surface area (Å²) in [6.45, 7) is 2.47. The molecule has 3 rings (SSSR count). The van der Waals surface area contributed by atoms with Gasteiger partial charge >= 0.3 is 5.97 Å². The number of esters is 1. The highest BCUT2D eigenvalue weighted by atomic mass is 32.1. The summed E-state index contributed by atoms with van der Waals surface area (Å²) in [7, 11) is 1.52. The molecule has 0 unspecified atom stereocenters. The van der Waals surface area contributed by atoms with Gasteiger partial charge < -0.3 is 19.5 Å². The molecule has 7 nitrogen and oxygen atoms in total. The summed E-state index contributed by atoms with van der Waals surface area (Å²) in [5.74, 6) is 0.975. The normalized spacial score (nSPS) is 14.1. The highest BCUT2D eigenvalue weighted by Gasteiger charge is 2.14. The third kappa shape index (κ3) is 6.95. The summed E-state index contributed by atoms with van der Waals surface area (Å²) in [6.07, 6.45) is 7.68. The molecule has 1 saturated carbocycles. The molecule has 1 fully saturated rings. The maximum Gasteiger partial charge on any atom is 0.343 e. The fraction of sp³-hybridized carbons (Fsp3) is 0.375. The first-order valence-corrected chi connectivity index (χ1v) is 11.2. The Hall–Kier alpha value is -3.13. The summed E-state index contributed by atoms with van der Waals surface area (Å²) >= 11 is 5.31. The number of hydrogen-bond donors (Lipinski definition) is 2. The molecule has 0 amide bonds. The number of nitrogens with zero attached hydrogens (tertiary/aromatic N) is 1. The zero-order valence-electron chi connectivity index (χ0n) is 18.4. The summed E-state index contributed by atoms with van der Waals surface area (Å²) in [6, 6.07) is 12.4. The molecule has 0 spiro atoms. The predicted octanol–water partition coefficient (Wildman–Crippen LogP) is 4.44. The van der Waals surface area contributed by atoms with Crippen molar-refractivity contribution in [2.75, 3.05) is 13.7 Å². The van der Waals surface area contributed by atoms with Crippen LogP contribution in [-0.4, -0.2) is 37.1 Å². The minimum absolute atomic E-state index is 0.325. The Labute approximate surface area is 194 Å². The van der Waals surface area contributed by atoms with Gasteiger partial charge in [0.25, 0.3) is 0 Å². The Morgan fingerprint density at radius 1 is 1.12 bits per heavy atom. The molecule has 8 heteroatoms. The third-order valence-corrected chi connectivity index (χ3v) is 5.32. The Morgan fingerprint density at radius 3 is 2.56 bits per heavy atom. The van der Waals surface area contributed by atoms with Crippen LogP contribution >= 0.6 is 12.2 Å². The van der Waals surface area contributed by atoms with Crippen LogP contribution in [0.2, 0.25) is 0 Å². The first-order valence-electron chi connectivity index (χ1n) is 10.8. The predicted molar refractivity (Wildman–Crippen MR) is 129 cm³/mol. The van der Waals surface area contributed by atoms with Gasteiger partial charge in [0.15, 0.2) is 16.6 Å². The maximum atomic E-state index is 12.5. The number of hydrogen-bond acceptors (Lipinski definition) is 6. The van der Waals surface area contributed by atoms with Gasteiger partial charge in [0.2, 0.25) is 0 Å². The molecule has 1 aliphatic rings. The molecule has 32 heavy (non-hydrogen) atoms. The number of benzene rings is 2. The Morgan fingerprint density at radius 2 is 1.88 bits per heavy atom. The van der Waals surface area contributed by atoms with Gasteiger partial charge in [0.1, 0.15) is 5.75 Å². The highest BCUT2D eigenvalue weighted by Crippen LogP contribution is 2.28. The van der Waals surface area contributed by atoms with Gasteiger partial charge in [-0.25, -0.2) is 4.79 Å². The number of thiocarbonyl (C=S) groups is 1. The lowest BCUT2D eigenvalue weighted by Crippen LogP contribution is -2.40. The van der Waals surface area contributed by atoms with Gasteiger partial charge in [0.05, 0.1) is 25.5 Å². The fourth-order valence-corrected chi connectivity index (χ4v) is 3.71. The van der Waals surface area contributed by atoms with Crippen molar-refractivity contribution in [3.8, 4) is 17.2 Å². The number of hydrazone groups is 1. The topological polar surface area (TPSA) is 81.2 Å². The van der Waals surface area contributed by atoms with Crippen LogP contribution in [-0.2, 0) is 0 Å². The van der Waals surface area contributed by atoms with Crippen molar-refractivity contribution in [2.24, 2.45) is 5.10 Å². The summed E-state index contributed by atoms with van der Waals surface area (Å²) < 4.78 is 16.3. The standard InChI is InChI=1S/C24H29N3O4S/c1-3-30-20-12-10-18(11-13-20)23(28)31-21-14-9-17(15-22(21)29-2)16-25-27-24(32)26-19-7-5-4-6-8-19/h9-16,19H,3-8H2,1-2H3,(H2,26,27,32)/b25-16+. The number of carbonyl (C=O) groups is 1. The van der Waals surface area contributed by atoms with E-state index in [2.05, 4.69) is 15.8 Å².